The van der Waals surface area contributed by atoms with Crippen LogP contribution in [0.25, 0.3) is 0 Å². The van der Waals surface area contributed by atoms with Crippen molar-refractivity contribution in [3.63, 3.8) is 0 Å². The smallest absolute Gasteiger partial charge is 0.409 e. The molecule has 0 fully saturated rings. The minimum atomic E-state index is -3.17. The molecule has 1 rings (SSSR count). The van der Waals surface area contributed by atoms with E-state index in [-0.39, 0.29) is 25.5 Å². The molecule has 28 heavy (non-hydrogen) atoms. The lowest BCUT2D eigenvalue weighted by atomic mass is 10.2. The Morgan fingerprint density at radius 2 is 1.93 bits per heavy atom. The van der Waals surface area contributed by atoms with Crippen LogP contribution < -0.4 is 10.6 Å². The topological polar surface area (TPSA) is 102 Å². The number of rotatable bonds is 10. The quantitative estimate of drug-likeness (QED) is 0.312. The summed E-state index contributed by atoms with van der Waals surface area (Å²) < 4.78 is 54.6. The summed E-state index contributed by atoms with van der Waals surface area (Å²) in [4.78, 5) is 25.9. The summed E-state index contributed by atoms with van der Waals surface area (Å²) in [6.07, 6.45) is -7.48. The van der Waals surface area contributed by atoms with E-state index < -0.39 is 36.5 Å². The molecule has 0 aliphatic heterocycles. The number of alkyl halides is 3. The molecule has 1 heterocycles. The second-order valence-electron chi connectivity index (χ2n) is 6.63. The molecule has 1 aromatic heterocycles. The first-order valence-electron chi connectivity index (χ1n) is 8.67. The number of ether oxygens (including phenoxy) is 3. The van der Waals surface area contributed by atoms with Crippen LogP contribution in [0.2, 0.25) is 0 Å². The molecule has 1 amide bonds. The Hall–Kier alpha value is -2.43. The van der Waals surface area contributed by atoms with Crippen LogP contribution in [0.4, 0.5) is 23.7 Å². The maximum Gasteiger partial charge on any atom is 0.409 e. The third kappa shape index (κ3) is 8.07. The highest BCUT2D eigenvalue weighted by molar-refractivity contribution is 5.93. The van der Waals surface area contributed by atoms with Crippen molar-refractivity contribution in [3.8, 4) is 0 Å². The molecular formula is C17H26F3N3O5. The van der Waals surface area contributed by atoms with Gasteiger partial charge in [0, 0.05) is 12.7 Å². The fraction of sp³-hybridized carbons (Fsp3) is 0.647. The van der Waals surface area contributed by atoms with Crippen LogP contribution in [-0.4, -0.2) is 61.2 Å². The van der Waals surface area contributed by atoms with Crippen LogP contribution in [-0.2, 0) is 14.2 Å². The Kier molecular flexibility index (Phi) is 9.10. The van der Waals surface area contributed by atoms with Crippen LogP contribution in [0.3, 0.4) is 0 Å². The van der Waals surface area contributed by atoms with Crippen molar-refractivity contribution in [2.45, 2.75) is 52.1 Å². The van der Waals surface area contributed by atoms with Gasteiger partial charge in [-0.2, -0.15) is 0 Å². The van der Waals surface area contributed by atoms with Crippen molar-refractivity contribution in [2.24, 2.45) is 0 Å². The summed E-state index contributed by atoms with van der Waals surface area (Å²) in [6.45, 7) is 6.21. The van der Waals surface area contributed by atoms with Gasteiger partial charge < -0.3 is 24.5 Å². The Labute approximate surface area is 161 Å². The van der Waals surface area contributed by atoms with Crippen LogP contribution in [0.1, 0.15) is 38.2 Å². The zero-order chi connectivity index (χ0) is 21.3. The van der Waals surface area contributed by atoms with E-state index in [0.717, 1.165) is 0 Å². The van der Waals surface area contributed by atoms with Gasteiger partial charge in [0.2, 0.25) is 6.30 Å². The molecule has 11 heteroatoms. The Bertz CT molecular complexity index is 634. The highest BCUT2D eigenvalue weighted by Crippen LogP contribution is 2.16. The number of aromatic nitrogens is 1. The fourth-order valence-corrected chi connectivity index (χ4v) is 2.06. The van der Waals surface area contributed by atoms with Crippen molar-refractivity contribution in [3.05, 3.63) is 18.0 Å². The van der Waals surface area contributed by atoms with Crippen molar-refractivity contribution in [2.75, 3.05) is 25.1 Å². The number of hydrogen-bond acceptors (Lipinski definition) is 6. The van der Waals surface area contributed by atoms with Crippen molar-refractivity contribution in [1.82, 2.24) is 10.3 Å². The van der Waals surface area contributed by atoms with E-state index in [2.05, 4.69) is 10.3 Å². The van der Waals surface area contributed by atoms with Gasteiger partial charge in [-0.1, -0.05) is 0 Å². The number of esters is 1. The summed E-state index contributed by atoms with van der Waals surface area (Å²) in [6, 6.07) is 1.55. The lowest BCUT2D eigenvalue weighted by molar-refractivity contribution is -0.0970. The third-order valence-electron chi connectivity index (χ3n) is 3.15. The summed E-state index contributed by atoms with van der Waals surface area (Å²) in [7, 11) is 0. The van der Waals surface area contributed by atoms with E-state index in [1.54, 1.807) is 39.1 Å². The molecule has 2 atom stereocenters. The lowest BCUT2D eigenvalue weighted by Crippen LogP contribution is -2.47. The molecule has 0 bridgehead atoms. The molecular weight excluding hydrogens is 383 g/mol. The maximum absolute atomic E-state index is 14.0. The Morgan fingerprint density at radius 3 is 2.50 bits per heavy atom. The van der Waals surface area contributed by atoms with Gasteiger partial charge in [0.05, 0.1) is 18.9 Å². The van der Waals surface area contributed by atoms with E-state index in [0.29, 0.717) is 5.69 Å². The first kappa shape index (κ1) is 23.6. The van der Waals surface area contributed by atoms with Gasteiger partial charge in [0.15, 0.2) is 6.10 Å². The van der Waals surface area contributed by atoms with E-state index in [1.807, 2.05) is 0 Å². The van der Waals surface area contributed by atoms with E-state index >= 15 is 0 Å². The van der Waals surface area contributed by atoms with Crippen molar-refractivity contribution in [1.29, 1.82) is 0 Å². The number of hydrogen-bond donors (Lipinski definition) is 3. The second kappa shape index (κ2) is 10.8. The van der Waals surface area contributed by atoms with Crippen LogP contribution in [0, 0.1) is 0 Å². The molecule has 160 valence electrons. The molecule has 0 saturated carbocycles. The minimum Gasteiger partial charge on any atom is -0.461 e. The molecule has 3 N–H and O–H groups in total. The Morgan fingerprint density at radius 1 is 1.25 bits per heavy atom. The highest BCUT2D eigenvalue weighted by Gasteiger charge is 2.33. The van der Waals surface area contributed by atoms with E-state index in [1.165, 1.54) is 6.20 Å². The lowest BCUT2D eigenvalue weighted by Gasteiger charge is -2.24. The Balaban J connectivity index is 2.51. The molecule has 0 aliphatic carbocycles. The first-order valence-corrected chi connectivity index (χ1v) is 8.67. The number of halogens is 3. The molecule has 0 radical (unpaired) electrons. The number of H-pyrrole nitrogens is 1. The van der Waals surface area contributed by atoms with E-state index in [9.17, 15) is 22.8 Å². The standard InChI is InChI=1S/C17H26F3N3O5/c1-5-26-15(24)11-10(6-7-22-11)21-8-9-27-12(13(18)19)14(20)23-16(25)28-17(2,3)4/h6-7,12-14,21-22H,5,8-9H2,1-4H3,(H,23,25). The summed E-state index contributed by atoms with van der Waals surface area (Å²) >= 11 is 0. The SMILES string of the molecule is CCOC(=O)c1[nH]ccc1NCCOC(C(F)F)C(F)NC(=O)OC(C)(C)C. The van der Waals surface area contributed by atoms with Gasteiger partial charge in [-0.3, -0.25) is 5.32 Å². The molecule has 0 spiro atoms. The molecule has 0 saturated heterocycles. The fourth-order valence-electron chi connectivity index (χ4n) is 2.06. The largest absolute Gasteiger partial charge is 0.461 e. The maximum atomic E-state index is 14.0. The van der Waals surface area contributed by atoms with Gasteiger partial charge in [-0.05, 0) is 33.8 Å². The van der Waals surface area contributed by atoms with Crippen molar-refractivity contribution >= 4 is 17.7 Å². The molecule has 1 aromatic rings. The van der Waals surface area contributed by atoms with Gasteiger partial charge >= 0.3 is 12.1 Å². The molecule has 8 nitrogen and oxygen atoms in total. The van der Waals surface area contributed by atoms with Crippen LogP contribution in [0.5, 0.6) is 0 Å². The van der Waals surface area contributed by atoms with Gasteiger partial charge in [0.25, 0.3) is 6.43 Å². The summed E-state index contributed by atoms with van der Waals surface area (Å²) in [5.41, 5.74) is -0.344. The highest BCUT2D eigenvalue weighted by atomic mass is 19.3. The number of anilines is 1. The van der Waals surface area contributed by atoms with Crippen LogP contribution >= 0.6 is 0 Å². The van der Waals surface area contributed by atoms with E-state index in [4.69, 9.17) is 14.2 Å². The van der Waals surface area contributed by atoms with Gasteiger partial charge in [-0.15, -0.1) is 0 Å². The van der Waals surface area contributed by atoms with Gasteiger partial charge in [0.1, 0.15) is 11.3 Å². The predicted octanol–water partition coefficient (Wildman–Crippen LogP) is 3.07. The summed E-state index contributed by atoms with van der Waals surface area (Å²) in [5.74, 6) is -0.577. The summed E-state index contributed by atoms with van der Waals surface area (Å²) in [5, 5.41) is 4.49. The molecule has 2 unspecified atom stereocenters. The first-order chi connectivity index (χ1) is 13.0. The number of carbonyl (C=O) groups is 2. The molecule has 0 aliphatic rings. The van der Waals surface area contributed by atoms with Crippen LogP contribution in [0.15, 0.2) is 12.3 Å². The zero-order valence-electron chi connectivity index (χ0n) is 16.2. The van der Waals surface area contributed by atoms with Gasteiger partial charge in [-0.25, -0.2) is 22.8 Å². The molecule has 0 aromatic carbocycles. The minimum absolute atomic E-state index is 0.00658. The number of amides is 1. The number of carbonyl (C=O) groups excluding carboxylic acids is 2. The van der Waals surface area contributed by atoms with Crippen molar-refractivity contribution < 1.29 is 37.0 Å². The number of alkyl carbamates (subject to hydrolysis) is 1. The number of nitrogens with one attached hydrogen (secondary N) is 3. The third-order valence-corrected chi connectivity index (χ3v) is 3.15. The monoisotopic (exact) mass is 409 g/mol. The number of aromatic amines is 1. The second-order valence-corrected chi connectivity index (χ2v) is 6.63. The predicted molar refractivity (Wildman–Crippen MR) is 95.2 cm³/mol. The normalized spacial score (nSPS) is 13.7. The zero-order valence-corrected chi connectivity index (χ0v) is 16.2. The average Bonchev–Trinajstić information content (AvgIpc) is 3.01. The average molecular weight is 409 g/mol.